The number of anilines is 1. The van der Waals surface area contributed by atoms with E-state index in [9.17, 15) is 18.0 Å². The number of nitrogens with one attached hydrogen (secondary N) is 2. The molecule has 0 aromatic heterocycles. The Morgan fingerprint density at radius 3 is 2.36 bits per heavy atom. The van der Waals surface area contributed by atoms with Crippen LogP contribution in [0.2, 0.25) is 0 Å². The van der Waals surface area contributed by atoms with Crippen molar-refractivity contribution in [2.45, 2.75) is 39.6 Å². The predicted octanol–water partition coefficient (Wildman–Crippen LogP) is 6.87. The van der Waals surface area contributed by atoms with Gasteiger partial charge in [-0.2, -0.15) is 5.10 Å². The zero-order chi connectivity index (χ0) is 26.1. The second-order valence-corrected chi connectivity index (χ2v) is 8.25. The van der Waals surface area contributed by atoms with Gasteiger partial charge in [-0.25, -0.2) is 10.2 Å². The van der Waals surface area contributed by atoms with E-state index in [0.717, 1.165) is 22.4 Å². The molecule has 36 heavy (non-hydrogen) atoms. The van der Waals surface area contributed by atoms with Gasteiger partial charge >= 0.3 is 12.4 Å². The standard InChI is InChI=1S/C27H27F3N4O2/c1-18(2)22-8-4-6-10-24(22)33-26(35)34-32-17-21-14-12-20(13-15-21)16-31-19(3)23-9-5-7-11-25(23)36-27(28,29)30/h4-15,17-18H,16H2,1-3H3,(H2,33,34,35)/b31-19?,32-17+. The van der Waals surface area contributed by atoms with Gasteiger partial charge in [0.2, 0.25) is 0 Å². The molecule has 0 fully saturated rings. The average Bonchev–Trinajstić information content (AvgIpc) is 2.83. The van der Waals surface area contributed by atoms with Crippen molar-refractivity contribution in [2.75, 3.05) is 5.32 Å². The third kappa shape index (κ3) is 7.97. The van der Waals surface area contributed by atoms with E-state index in [0.29, 0.717) is 5.71 Å². The van der Waals surface area contributed by atoms with Crippen molar-refractivity contribution in [3.8, 4) is 5.75 Å². The lowest BCUT2D eigenvalue weighted by molar-refractivity contribution is -0.274. The van der Waals surface area contributed by atoms with E-state index in [-0.39, 0.29) is 23.8 Å². The number of alkyl halides is 3. The van der Waals surface area contributed by atoms with Crippen LogP contribution in [0.25, 0.3) is 0 Å². The Morgan fingerprint density at radius 1 is 1.00 bits per heavy atom. The van der Waals surface area contributed by atoms with Crippen LogP contribution >= 0.6 is 0 Å². The lowest BCUT2D eigenvalue weighted by atomic mass is 10.0. The zero-order valence-electron chi connectivity index (χ0n) is 20.1. The number of halogens is 3. The number of carbonyl (C=O) groups excluding carboxylic acids is 1. The lowest BCUT2D eigenvalue weighted by Crippen LogP contribution is -2.24. The van der Waals surface area contributed by atoms with Crippen molar-refractivity contribution in [1.82, 2.24) is 5.43 Å². The zero-order valence-corrected chi connectivity index (χ0v) is 20.1. The van der Waals surface area contributed by atoms with Crippen molar-refractivity contribution >= 4 is 23.6 Å². The maximum absolute atomic E-state index is 12.6. The lowest BCUT2D eigenvalue weighted by Gasteiger charge is -2.13. The van der Waals surface area contributed by atoms with Crippen molar-refractivity contribution in [1.29, 1.82) is 0 Å². The van der Waals surface area contributed by atoms with Crippen LogP contribution in [-0.2, 0) is 6.54 Å². The van der Waals surface area contributed by atoms with Crippen LogP contribution in [0.4, 0.5) is 23.7 Å². The average molecular weight is 497 g/mol. The van der Waals surface area contributed by atoms with Crippen molar-refractivity contribution in [2.24, 2.45) is 10.1 Å². The summed E-state index contributed by atoms with van der Waals surface area (Å²) in [5.74, 6) is -0.0263. The number of hydrazone groups is 1. The fraction of sp³-hybridized carbons (Fsp3) is 0.222. The van der Waals surface area contributed by atoms with E-state index >= 15 is 0 Å². The minimum atomic E-state index is -4.78. The predicted molar refractivity (Wildman–Crippen MR) is 136 cm³/mol. The van der Waals surface area contributed by atoms with Crippen molar-refractivity contribution in [3.63, 3.8) is 0 Å². The molecule has 0 heterocycles. The molecular formula is C27H27F3N4O2. The summed E-state index contributed by atoms with van der Waals surface area (Å²) in [4.78, 5) is 16.6. The minimum absolute atomic E-state index is 0.264. The van der Waals surface area contributed by atoms with Gasteiger partial charge in [-0.1, -0.05) is 68.4 Å². The smallest absolute Gasteiger partial charge is 0.405 e. The number of aliphatic imine (C=N–C) groups is 1. The number of hydrogen-bond donors (Lipinski definition) is 2. The van der Waals surface area contributed by atoms with Gasteiger partial charge in [0.15, 0.2) is 0 Å². The highest BCUT2D eigenvalue weighted by atomic mass is 19.4. The number of carbonyl (C=O) groups is 1. The molecule has 6 nitrogen and oxygen atoms in total. The Labute approximate surface area is 207 Å². The topological polar surface area (TPSA) is 75.1 Å². The van der Waals surface area contributed by atoms with Crippen molar-refractivity contribution in [3.05, 3.63) is 95.1 Å². The summed E-state index contributed by atoms with van der Waals surface area (Å²) < 4.78 is 42.0. The van der Waals surface area contributed by atoms with Gasteiger partial charge in [0, 0.05) is 17.0 Å². The largest absolute Gasteiger partial charge is 0.573 e. The Balaban J connectivity index is 1.57. The number of rotatable bonds is 8. The Morgan fingerprint density at radius 2 is 1.67 bits per heavy atom. The molecule has 0 saturated heterocycles. The van der Waals surface area contributed by atoms with Gasteiger partial charge in [0.25, 0.3) is 0 Å². The van der Waals surface area contributed by atoms with Crippen LogP contribution in [0.15, 0.2) is 82.9 Å². The first kappa shape index (κ1) is 26.5. The molecule has 2 N–H and O–H groups in total. The minimum Gasteiger partial charge on any atom is -0.405 e. The van der Waals surface area contributed by atoms with Gasteiger partial charge in [-0.3, -0.25) is 4.99 Å². The normalized spacial score (nSPS) is 12.1. The third-order valence-electron chi connectivity index (χ3n) is 5.19. The van der Waals surface area contributed by atoms with Crippen LogP contribution in [-0.4, -0.2) is 24.3 Å². The molecule has 3 aromatic carbocycles. The number of ether oxygens (including phenoxy) is 1. The quantitative estimate of drug-likeness (QED) is 0.264. The fourth-order valence-electron chi connectivity index (χ4n) is 3.41. The number of nitrogens with zero attached hydrogens (tertiary/aromatic N) is 2. The molecule has 0 aliphatic heterocycles. The molecule has 0 bridgehead atoms. The molecule has 0 aliphatic rings. The van der Waals surface area contributed by atoms with E-state index < -0.39 is 12.4 Å². The van der Waals surface area contributed by atoms with E-state index in [2.05, 4.69) is 25.6 Å². The molecule has 2 amide bonds. The van der Waals surface area contributed by atoms with Crippen LogP contribution in [0, 0.1) is 0 Å². The number of benzene rings is 3. The maximum Gasteiger partial charge on any atom is 0.573 e. The second-order valence-electron chi connectivity index (χ2n) is 8.25. The van der Waals surface area contributed by atoms with E-state index in [1.54, 1.807) is 25.1 Å². The highest BCUT2D eigenvalue weighted by Crippen LogP contribution is 2.27. The molecule has 3 rings (SSSR count). The number of urea groups is 1. The van der Waals surface area contributed by atoms with Crippen LogP contribution in [0.5, 0.6) is 5.75 Å². The highest BCUT2D eigenvalue weighted by Gasteiger charge is 2.32. The SMILES string of the molecule is CC(=NCc1ccc(/C=N/NC(=O)Nc2ccccc2C(C)C)cc1)c1ccccc1OC(F)(F)F. The summed E-state index contributed by atoms with van der Waals surface area (Å²) in [7, 11) is 0. The fourth-order valence-corrected chi connectivity index (χ4v) is 3.41. The number of para-hydroxylation sites is 2. The Bertz CT molecular complexity index is 1240. The summed E-state index contributed by atoms with van der Waals surface area (Å²) >= 11 is 0. The third-order valence-corrected chi connectivity index (χ3v) is 5.19. The molecule has 0 spiro atoms. The van der Waals surface area contributed by atoms with E-state index in [1.165, 1.54) is 24.4 Å². The Hall–Kier alpha value is -4.14. The molecule has 0 saturated carbocycles. The van der Waals surface area contributed by atoms with Crippen molar-refractivity contribution < 1.29 is 22.7 Å². The summed E-state index contributed by atoms with van der Waals surface area (Å²) in [6.45, 7) is 6.01. The molecule has 0 aliphatic carbocycles. The summed E-state index contributed by atoms with van der Waals surface area (Å²) in [5.41, 5.74) is 6.52. The molecule has 3 aromatic rings. The second kappa shape index (κ2) is 12.0. The molecule has 0 unspecified atom stereocenters. The first-order valence-corrected chi connectivity index (χ1v) is 11.3. The van der Waals surface area contributed by atoms with Gasteiger partial charge < -0.3 is 10.1 Å². The molecular weight excluding hydrogens is 469 g/mol. The first-order valence-electron chi connectivity index (χ1n) is 11.3. The van der Waals surface area contributed by atoms with Gasteiger partial charge in [-0.05, 0) is 47.7 Å². The van der Waals surface area contributed by atoms with Gasteiger partial charge in [-0.15, -0.1) is 13.2 Å². The monoisotopic (exact) mass is 496 g/mol. The van der Waals surface area contributed by atoms with Crippen LogP contribution in [0.3, 0.4) is 0 Å². The first-order chi connectivity index (χ1) is 17.1. The Kier molecular flexibility index (Phi) is 8.83. The number of hydrogen-bond acceptors (Lipinski definition) is 4. The number of amides is 2. The van der Waals surface area contributed by atoms with Gasteiger partial charge in [0.1, 0.15) is 5.75 Å². The molecule has 9 heteroatoms. The molecule has 0 atom stereocenters. The van der Waals surface area contributed by atoms with E-state index in [4.69, 9.17) is 0 Å². The van der Waals surface area contributed by atoms with Gasteiger partial charge in [0.05, 0.1) is 12.8 Å². The molecule has 188 valence electrons. The molecule has 0 radical (unpaired) electrons. The summed E-state index contributed by atoms with van der Waals surface area (Å²) in [6, 6.07) is 20.3. The van der Waals surface area contributed by atoms with Crippen LogP contribution < -0.4 is 15.5 Å². The van der Waals surface area contributed by atoms with E-state index in [1.807, 2.05) is 50.2 Å². The summed E-state index contributed by atoms with van der Waals surface area (Å²) in [6.07, 6.45) is -3.27. The maximum atomic E-state index is 12.6. The highest BCUT2D eigenvalue weighted by molar-refractivity contribution is 6.01. The summed E-state index contributed by atoms with van der Waals surface area (Å²) in [5, 5.41) is 6.77. The van der Waals surface area contributed by atoms with Crippen LogP contribution in [0.1, 0.15) is 48.9 Å².